The van der Waals surface area contributed by atoms with E-state index < -0.39 is 10.0 Å². The van der Waals surface area contributed by atoms with E-state index in [1.54, 1.807) is 32.4 Å². The van der Waals surface area contributed by atoms with Gasteiger partial charge in [-0.1, -0.05) is 17.7 Å². The minimum absolute atomic E-state index is 0.234. The number of sulfonamides is 1. The Morgan fingerprint density at radius 1 is 1.00 bits per heavy atom. The molecule has 27 heavy (non-hydrogen) atoms. The van der Waals surface area contributed by atoms with Crippen LogP contribution in [-0.2, 0) is 16.6 Å². The lowest BCUT2D eigenvalue weighted by molar-refractivity contribution is 0.180. The Balaban J connectivity index is 1.67. The van der Waals surface area contributed by atoms with Crippen LogP contribution in [0.5, 0.6) is 11.5 Å². The van der Waals surface area contributed by atoms with Crippen LogP contribution in [0.15, 0.2) is 47.4 Å². The Morgan fingerprint density at radius 3 is 2.37 bits per heavy atom. The molecule has 6 nitrogen and oxygen atoms in total. The number of nitrogens with zero attached hydrogens (tertiary/aromatic N) is 2. The second-order valence-electron chi connectivity index (χ2n) is 6.32. The van der Waals surface area contributed by atoms with Crippen molar-refractivity contribution in [3.05, 3.63) is 53.1 Å². The van der Waals surface area contributed by atoms with Crippen LogP contribution in [0.4, 0.5) is 0 Å². The van der Waals surface area contributed by atoms with Crippen molar-refractivity contribution in [3.8, 4) is 11.5 Å². The third-order valence-electron chi connectivity index (χ3n) is 4.65. The molecule has 146 valence electrons. The molecule has 0 radical (unpaired) electrons. The van der Waals surface area contributed by atoms with Crippen molar-refractivity contribution in [3.63, 3.8) is 0 Å². The molecule has 0 aromatic heterocycles. The van der Waals surface area contributed by atoms with E-state index in [2.05, 4.69) is 4.90 Å². The van der Waals surface area contributed by atoms with Crippen molar-refractivity contribution in [2.24, 2.45) is 0 Å². The van der Waals surface area contributed by atoms with Crippen LogP contribution in [0.1, 0.15) is 5.56 Å². The van der Waals surface area contributed by atoms with E-state index in [4.69, 9.17) is 21.1 Å². The maximum atomic E-state index is 12.8. The van der Waals surface area contributed by atoms with E-state index >= 15 is 0 Å². The number of halogens is 1. The first kappa shape index (κ1) is 19.9. The first-order chi connectivity index (χ1) is 12.9. The highest BCUT2D eigenvalue weighted by Crippen LogP contribution is 2.26. The van der Waals surface area contributed by atoms with Gasteiger partial charge in [-0.2, -0.15) is 4.31 Å². The van der Waals surface area contributed by atoms with E-state index in [1.807, 2.05) is 18.2 Å². The summed E-state index contributed by atoms with van der Waals surface area (Å²) in [7, 11) is -0.257. The Kier molecular flexibility index (Phi) is 6.26. The van der Waals surface area contributed by atoms with E-state index in [9.17, 15) is 8.42 Å². The molecule has 1 saturated heterocycles. The van der Waals surface area contributed by atoms with E-state index in [1.165, 1.54) is 10.4 Å². The molecule has 0 saturated carbocycles. The van der Waals surface area contributed by atoms with Crippen LogP contribution >= 0.6 is 11.6 Å². The predicted molar refractivity (Wildman–Crippen MR) is 105 cm³/mol. The summed E-state index contributed by atoms with van der Waals surface area (Å²) < 4.78 is 37.8. The lowest BCUT2D eigenvalue weighted by Gasteiger charge is -2.34. The highest BCUT2D eigenvalue weighted by Gasteiger charge is 2.28. The lowest BCUT2D eigenvalue weighted by atomic mass is 10.1. The molecule has 0 unspecified atom stereocenters. The summed E-state index contributed by atoms with van der Waals surface area (Å²) in [6.07, 6.45) is 0. The van der Waals surface area contributed by atoms with Gasteiger partial charge in [-0.25, -0.2) is 8.42 Å². The zero-order chi connectivity index (χ0) is 19.4. The predicted octanol–water partition coefficient (Wildman–Crippen LogP) is 2.86. The number of hydrogen-bond acceptors (Lipinski definition) is 5. The molecule has 1 fully saturated rings. The maximum Gasteiger partial charge on any atom is 0.243 e. The van der Waals surface area contributed by atoms with Gasteiger partial charge in [-0.3, -0.25) is 4.90 Å². The van der Waals surface area contributed by atoms with Crippen molar-refractivity contribution in [2.75, 3.05) is 40.4 Å². The average Bonchev–Trinajstić information content (AvgIpc) is 2.68. The molecule has 0 spiro atoms. The standard InChI is InChI=1S/C19H23ClN2O4S/c1-25-17-6-7-19(26-2)15(12-17)14-21-8-10-22(11-9-21)27(23,24)18-5-3-4-16(20)13-18/h3-7,12-13H,8-11,14H2,1-2H3. The van der Waals surface area contributed by atoms with Crippen LogP contribution < -0.4 is 9.47 Å². The zero-order valence-corrected chi connectivity index (χ0v) is 17.0. The van der Waals surface area contributed by atoms with Crippen molar-refractivity contribution in [1.82, 2.24) is 9.21 Å². The van der Waals surface area contributed by atoms with Crippen molar-refractivity contribution >= 4 is 21.6 Å². The van der Waals surface area contributed by atoms with Crippen molar-refractivity contribution in [2.45, 2.75) is 11.4 Å². The molecule has 0 bridgehead atoms. The number of benzene rings is 2. The third kappa shape index (κ3) is 4.55. The minimum Gasteiger partial charge on any atom is -0.497 e. The summed E-state index contributed by atoms with van der Waals surface area (Å²) >= 11 is 5.94. The zero-order valence-electron chi connectivity index (χ0n) is 15.4. The minimum atomic E-state index is -3.53. The smallest absolute Gasteiger partial charge is 0.243 e. The van der Waals surface area contributed by atoms with Gasteiger partial charge in [0.15, 0.2) is 0 Å². The molecule has 2 aromatic rings. The molecule has 0 atom stereocenters. The van der Waals surface area contributed by atoms with Gasteiger partial charge in [-0.15, -0.1) is 0 Å². The molecule has 0 aliphatic carbocycles. The molecule has 3 rings (SSSR count). The Hall–Kier alpha value is -1.80. The third-order valence-corrected chi connectivity index (χ3v) is 6.78. The Morgan fingerprint density at radius 2 is 1.74 bits per heavy atom. The van der Waals surface area contributed by atoms with Gasteiger partial charge in [0.25, 0.3) is 0 Å². The van der Waals surface area contributed by atoms with Crippen LogP contribution in [0.3, 0.4) is 0 Å². The van der Waals surface area contributed by atoms with Crippen LogP contribution in [-0.4, -0.2) is 58.0 Å². The lowest BCUT2D eigenvalue weighted by Crippen LogP contribution is -2.48. The Bertz CT molecular complexity index is 896. The molecule has 0 N–H and O–H groups in total. The van der Waals surface area contributed by atoms with E-state index in [-0.39, 0.29) is 4.90 Å². The quantitative estimate of drug-likeness (QED) is 0.732. The highest BCUT2D eigenvalue weighted by molar-refractivity contribution is 7.89. The summed E-state index contributed by atoms with van der Waals surface area (Å²) in [5.41, 5.74) is 1.02. The molecular weight excluding hydrogens is 388 g/mol. The molecule has 1 aliphatic heterocycles. The molecular formula is C19H23ClN2O4S. The SMILES string of the molecule is COc1ccc(OC)c(CN2CCN(S(=O)(=O)c3cccc(Cl)c3)CC2)c1. The van der Waals surface area contributed by atoms with Gasteiger partial charge in [-0.05, 0) is 36.4 Å². The van der Waals surface area contributed by atoms with Crippen molar-refractivity contribution in [1.29, 1.82) is 0 Å². The van der Waals surface area contributed by atoms with Gasteiger partial charge >= 0.3 is 0 Å². The molecule has 8 heteroatoms. The number of methoxy groups -OCH3 is 2. The fourth-order valence-electron chi connectivity index (χ4n) is 3.15. The summed E-state index contributed by atoms with van der Waals surface area (Å²) in [5.74, 6) is 1.57. The monoisotopic (exact) mass is 410 g/mol. The van der Waals surface area contributed by atoms with Crippen LogP contribution in [0.2, 0.25) is 5.02 Å². The molecule has 2 aromatic carbocycles. The summed E-state index contributed by atoms with van der Waals surface area (Å²) in [6, 6.07) is 12.1. The molecule has 1 aliphatic rings. The summed E-state index contributed by atoms with van der Waals surface area (Å²) in [5, 5.41) is 0.417. The second-order valence-corrected chi connectivity index (χ2v) is 8.69. The van der Waals surface area contributed by atoms with Gasteiger partial charge in [0, 0.05) is 43.3 Å². The highest BCUT2D eigenvalue weighted by atomic mass is 35.5. The summed E-state index contributed by atoms with van der Waals surface area (Å²) in [6.45, 7) is 2.81. The van der Waals surface area contributed by atoms with Gasteiger partial charge in [0.1, 0.15) is 11.5 Å². The topological polar surface area (TPSA) is 59.1 Å². The number of rotatable bonds is 6. The molecule has 0 amide bonds. The van der Waals surface area contributed by atoms with E-state index in [0.29, 0.717) is 37.7 Å². The van der Waals surface area contributed by atoms with E-state index in [0.717, 1.165) is 17.1 Å². The Labute approximate surface area is 165 Å². The molecule has 1 heterocycles. The maximum absolute atomic E-state index is 12.8. The number of ether oxygens (including phenoxy) is 2. The van der Waals surface area contributed by atoms with Crippen LogP contribution in [0, 0.1) is 0 Å². The van der Waals surface area contributed by atoms with Gasteiger partial charge < -0.3 is 9.47 Å². The van der Waals surface area contributed by atoms with Crippen molar-refractivity contribution < 1.29 is 17.9 Å². The first-order valence-electron chi connectivity index (χ1n) is 8.63. The summed E-state index contributed by atoms with van der Waals surface area (Å²) in [4.78, 5) is 2.44. The van der Waals surface area contributed by atoms with Gasteiger partial charge in [0.05, 0.1) is 19.1 Å². The number of piperazine rings is 1. The second kappa shape index (κ2) is 8.48. The first-order valence-corrected chi connectivity index (χ1v) is 10.4. The largest absolute Gasteiger partial charge is 0.497 e. The van der Waals surface area contributed by atoms with Crippen LogP contribution in [0.25, 0.3) is 0 Å². The normalized spacial score (nSPS) is 16.3. The number of hydrogen-bond donors (Lipinski definition) is 0. The fraction of sp³-hybridized carbons (Fsp3) is 0.368. The average molecular weight is 411 g/mol. The fourth-order valence-corrected chi connectivity index (χ4v) is 4.87. The van der Waals surface area contributed by atoms with Gasteiger partial charge in [0.2, 0.25) is 10.0 Å².